The Morgan fingerprint density at radius 2 is 1.85 bits per heavy atom. The molecule has 0 spiro atoms. The quantitative estimate of drug-likeness (QED) is 0.561. The number of alkyl halides is 6. The molecule has 0 saturated heterocycles. The number of halogens is 6. The van der Waals surface area contributed by atoms with Gasteiger partial charge in [-0.15, -0.1) is 0 Å². The highest BCUT2D eigenvalue weighted by molar-refractivity contribution is 5.93. The lowest BCUT2D eigenvalue weighted by atomic mass is 9.96. The summed E-state index contributed by atoms with van der Waals surface area (Å²) >= 11 is 0. The number of oxazole rings is 1. The predicted octanol–water partition coefficient (Wildman–Crippen LogP) is 4.62. The predicted molar refractivity (Wildman–Crippen MR) is 101 cm³/mol. The first-order valence-corrected chi connectivity index (χ1v) is 9.80. The fourth-order valence-electron chi connectivity index (χ4n) is 3.63. The van der Waals surface area contributed by atoms with Gasteiger partial charge < -0.3 is 9.73 Å². The van der Waals surface area contributed by atoms with Crippen molar-refractivity contribution in [3.05, 3.63) is 52.4 Å². The normalized spacial score (nSPS) is 16.5. The Morgan fingerprint density at radius 3 is 2.48 bits per heavy atom. The first kappa shape index (κ1) is 22.8. The minimum Gasteiger partial charge on any atom is -0.441 e. The Bertz CT molecular complexity index is 1210. The van der Waals surface area contributed by atoms with E-state index >= 15 is 0 Å². The van der Waals surface area contributed by atoms with Gasteiger partial charge in [-0.3, -0.25) is 14.5 Å². The number of fused-ring (bicyclic) bond motifs is 1. The molecule has 1 aliphatic carbocycles. The number of nitrogens with one attached hydrogen (secondary N) is 1. The SMILES string of the molecule is Cc1cnc(C(F)(F)F)cc1-c1nc2c(o1)CCCC2NC(=O)c1cc(C(F)(F)F)nn1C. The molecule has 1 N–H and O–H groups in total. The van der Waals surface area contributed by atoms with Crippen molar-refractivity contribution in [1.82, 2.24) is 25.1 Å². The van der Waals surface area contributed by atoms with Crippen LogP contribution in [-0.2, 0) is 25.8 Å². The van der Waals surface area contributed by atoms with E-state index in [1.807, 2.05) is 0 Å². The standard InChI is InChI=1S/C20H17F6N5O2/c1-9-8-27-14(19(21,22)23)6-10(9)18-29-16-11(4-3-5-13(16)33-18)28-17(32)12-7-15(20(24,25)26)30-31(12)2/h6-8,11H,3-5H2,1-2H3,(H,28,32). The van der Waals surface area contributed by atoms with Gasteiger partial charge in [-0.25, -0.2) is 4.98 Å². The number of carbonyl (C=O) groups is 1. The summed E-state index contributed by atoms with van der Waals surface area (Å²) in [5.41, 5.74) is -1.74. The topological polar surface area (TPSA) is 85.8 Å². The van der Waals surface area contributed by atoms with Crippen molar-refractivity contribution < 1.29 is 35.6 Å². The smallest absolute Gasteiger partial charge is 0.435 e. The summed E-state index contributed by atoms with van der Waals surface area (Å²) in [5, 5.41) is 5.95. The Kier molecular flexibility index (Phi) is 5.45. The maximum Gasteiger partial charge on any atom is 0.435 e. The van der Waals surface area contributed by atoms with Gasteiger partial charge in [0.15, 0.2) is 5.69 Å². The maximum atomic E-state index is 13.1. The van der Waals surface area contributed by atoms with E-state index in [0.29, 0.717) is 42.3 Å². The van der Waals surface area contributed by atoms with Crippen LogP contribution in [0.4, 0.5) is 26.3 Å². The summed E-state index contributed by atoms with van der Waals surface area (Å²) in [6, 6.07) is 0.799. The summed E-state index contributed by atoms with van der Waals surface area (Å²) in [5.74, 6) is -0.443. The van der Waals surface area contributed by atoms with E-state index in [2.05, 4.69) is 20.4 Å². The van der Waals surface area contributed by atoms with Gasteiger partial charge in [0.05, 0.1) is 6.04 Å². The van der Waals surface area contributed by atoms with Crippen LogP contribution in [0.3, 0.4) is 0 Å². The van der Waals surface area contributed by atoms with Gasteiger partial charge in [0.25, 0.3) is 5.91 Å². The summed E-state index contributed by atoms with van der Waals surface area (Å²) < 4.78 is 84.5. The van der Waals surface area contributed by atoms with E-state index in [4.69, 9.17) is 4.42 Å². The highest BCUT2D eigenvalue weighted by Gasteiger charge is 2.37. The average molecular weight is 473 g/mol. The molecule has 3 aromatic heterocycles. The van der Waals surface area contributed by atoms with Gasteiger partial charge in [0.1, 0.15) is 22.8 Å². The van der Waals surface area contributed by atoms with E-state index in [9.17, 15) is 31.1 Å². The van der Waals surface area contributed by atoms with Crippen LogP contribution in [-0.4, -0.2) is 25.7 Å². The second-order valence-electron chi connectivity index (χ2n) is 7.66. The molecule has 3 heterocycles. The number of hydrogen-bond acceptors (Lipinski definition) is 5. The molecule has 33 heavy (non-hydrogen) atoms. The van der Waals surface area contributed by atoms with E-state index < -0.39 is 35.7 Å². The highest BCUT2D eigenvalue weighted by Crippen LogP contribution is 2.36. The largest absolute Gasteiger partial charge is 0.441 e. The van der Waals surface area contributed by atoms with Crippen molar-refractivity contribution in [2.24, 2.45) is 7.05 Å². The molecule has 3 aromatic rings. The Balaban J connectivity index is 1.63. The second kappa shape index (κ2) is 7.89. The van der Waals surface area contributed by atoms with Crippen LogP contribution in [0.1, 0.15) is 57.8 Å². The number of pyridine rings is 1. The van der Waals surface area contributed by atoms with Gasteiger partial charge in [-0.05, 0) is 31.4 Å². The van der Waals surface area contributed by atoms with Crippen molar-refractivity contribution in [2.45, 2.75) is 44.6 Å². The van der Waals surface area contributed by atoms with Crippen LogP contribution in [0.15, 0.2) is 22.7 Å². The van der Waals surface area contributed by atoms with Crippen LogP contribution in [0.5, 0.6) is 0 Å². The molecule has 176 valence electrons. The van der Waals surface area contributed by atoms with Gasteiger partial charge in [0, 0.05) is 31.3 Å². The Morgan fingerprint density at radius 1 is 1.15 bits per heavy atom. The molecule has 4 rings (SSSR count). The van der Waals surface area contributed by atoms with E-state index in [1.54, 1.807) is 6.92 Å². The van der Waals surface area contributed by atoms with Crippen LogP contribution in [0.2, 0.25) is 0 Å². The lowest BCUT2D eigenvalue weighted by molar-refractivity contribution is -0.142. The fourth-order valence-corrected chi connectivity index (χ4v) is 3.63. The monoisotopic (exact) mass is 473 g/mol. The number of hydrogen-bond donors (Lipinski definition) is 1. The third-order valence-electron chi connectivity index (χ3n) is 5.29. The molecule has 0 bridgehead atoms. The van der Waals surface area contributed by atoms with Crippen molar-refractivity contribution in [3.8, 4) is 11.5 Å². The van der Waals surface area contributed by atoms with E-state index in [0.717, 1.165) is 16.9 Å². The van der Waals surface area contributed by atoms with Gasteiger partial charge >= 0.3 is 12.4 Å². The number of aromatic nitrogens is 4. The number of nitrogens with zero attached hydrogens (tertiary/aromatic N) is 4. The molecule has 13 heteroatoms. The molecule has 1 atom stereocenters. The van der Waals surface area contributed by atoms with E-state index in [1.165, 1.54) is 7.05 Å². The zero-order valence-corrected chi connectivity index (χ0v) is 17.3. The molecule has 7 nitrogen and oxygen atoms in total. The highest BCUT2D eigenvalue weighted by atomic mass is 19.4. The molecule has 1 unspecified atom stereocenters. The molecule has 0 aromatic carbocycles. The summed E-state index contributed by atoms with van der Waals surface area (Å²) in [6.07, 6.45) is -6.82. The summed E-state index contributed by atoms with van der Waals surface area (Å²) in [7, 11) is 1.22. The first-order chi connectivity index (χ1) is 15.3. The fraction of sp³-hybridized carbons (Fsp3) is 0.400. The van der Waals surface area contributed by atoms with Crippen LogP contribution < -0.4 is 5.32 Å². The Labute approximate surface area is 182 Å². The van der Waals surface area contributed by atoms with Crippen molar-refractivity contribution >= 4 is 5.91 Å². The molecule has 1 amide bonds. The first-order valence-electron chi connectivity index (χ1n) is 9.80. The van der Waals surface area contributed by atoms with Crippen LogP contribution >= 0.6 is 0 Å². The lowest BCUT2D eigenvalue weighted by Gasteiger charge is -2.21. The minimum absolute atomic E-state index is 0.0496. The molecular weight excluding hydrogens is 456 g/mol. The zero-order valence-electron chi connectivity index (χ0n) is 17.3. The van der Waals surface area contributed by atoms with Gasteiger partial charge in [0.2, 0.25) is 5.89 Å². The van der Waals surface area contributed by atoms with Crippen molar-refractivity contribution in [3.63, 3.8) is 0 Å². The third kappa shape index (κ3) is 4.44. The average Bonchev–Trinajstić information content (AvgIpc) is 3.31. The molecule has 1 aliphatic rings. The molecule has 0 radical (unpaired) electrons. The summed E-state index contributed by atoms with van der Waals surface area (Å²) in [4.78, 5) is 20.4. The van der Waals surface area contributed by atoms with Gasteiger partial charge in [-0.2, -0.15) is 31.4 Å². The number of aryl methyl sites for hydroxylation is 3. The minimum atomic E-state index is -4.70. The van der Waals surface area contributed by atoms with Crippen molar-refractivity contribution in [2.75, 3.05) is 0 Å². The van der Waals surface area contributed by atoms with E-state index in [-0.39, 0.29) is 17.1 Å². The van der Waals surface area contributed by atoms with Gasteiger partial charge in [-0.1, -0.05) is 0 Å². The third-order valence-corrected chi connectivity index (χ3v) is 5.29. The summed E-state index contributed by atoms with van der Waals surface area (Å²) in [6.45, 7) is 1.56. The lowest BCUT2D eigenvalue weighted by Crippen LogP contribution is -2.32. The number of carbonyl (C=O) groups excluding carboxylic acids is 1. The number of rotatable bonds is 3. The number of amides is 1. The van der Waals surface area contributed by atoms with Crippen molar-refractivity contribution in [1.29, 1.82) is 0 Å². The Hall–Kier alpha value is -3.38. The molecular formula is C20H17F6N5O2. The van der Waals surface area contributed by atoms with Crippen LogP contribution in [0, 0.1) is 6.92 Å². The molecule has 0 saturated carbocycles. The van der Waals surface area contributed by atoms with Crippen LogP contribution in [0.25, 0.3) is 11.5 Å². The maximum absolute atomic E-state index is 13.1. The molecule has 0 aliphatic heterocycles. The molecule has 0 fully saturated rings. The second-order valence-corrected chi connectivity index (χ2v) is 7.66. The zero-order chi connectivity index (χ0) is 24.1.